The van der Waals surface area contributed by atoms with Crippen LogP contribution in [0.15, 0.2) is 54.7 Å². The Morgan fingerprint density at radius 1 is 1.00 bits per heavy atom. The van der Waals surface area contributed by atoms with Crippen LogP contribution in [0.3, 0.4) is 0 Å². The molecule has 4 rings (SSSR count). The zero-order valence-corrected chi connectivity index (χ0v) is 19.2. The van der Waals surface area contributed by atoms with Gasteiger partial charge in [0.15, 0.2) is 0 Å². The lowest BCUT2D eigenvalue weighted by Crippen LogP contribution is -2.47. The van der Waals surface area contributed by atoms with Crippen molar-refractivity contribution >= 4 is 35.0 Å². The summed E-state index contributed by atoms with van der Waals surface area (Å²) in [7, 11) is 0. The number of esters is 1. The molecule has 1 aliphatic heterocycles. The van der Waals surface area contributed by atoms with E-state index < -0.39 is 0 Å². The van der Waals surface area contributed by atoms with E-state index in [1.807, 2.05) is 17.6 Å². The molecule has 1 aromatic heterocycles. The van der Waals surface area contributed by atoms with Gasteiger partial charge in [0.1, 0.15) is 6.54 Å². The summed E-state index contributed by atoms with van der Waals surface area (Å²) in [5, 5.41) is 1.24. The Hall–Kier alpha value is -2.50. The van der Waals surface area contributed by atoms with Gasteiger partial charge in [-0.2, -0.15) is 0 Å². The molecule has 0 radical (unpaired) electrons. The molecule has 0 amide bonds. The summed E-state index contributed by atoms with van der Waals surface area (Å²) in [4.78, 5) is 17.0. The van der Waals surface area contributed by atoms with E-state index in [2.05, 4.69) is 65.4 Å². The first-order valence-electron chi connectivity index (χ1n) is 10.9. The van der Waals surface area contributed by atoms with E-state index in [4.69, 9.17) is 4.74 Å². The Morgan fingerprint density at radius 3 is 2.45 bits per heavy atom. The minimum atomic E-state index is -0.183. The van der Waals surface area contributed by atoms with Gasteiger partial charge in [0.05, 0.1) is 6.61 Å². The number of carbonyl (C=O) groups excluding carboxylic acids is 1. The molecule has 0 spiro atoms. The zero-order chi connectivity index (χ0) is 20.9. The highest BCUT2D eigenvalue weighted by Crippen LogP contribution is 2.23. The van der Waals surface area contributed by atoms with Crippen molar-refractivity contribution in [2.45, 2.75) is 26.8 Å². The van der Waals surface area contributed by atoms with E-state index in [0.29, 0.717) is 6.61 Å². The predicted octanol–water partition coefficient (Wildman–Crippen LogP) is 4.30. The van der Waals surface area contributed by atoms with E-state index in [1.165, 1.54) is 22.2 Å². The van der Waals surface area contributed by atoms with Crippen LogP contribution in [0.1, 0.15) is 18.1 Å². The number of benzene rings is 2. The molecule has 0 atom stereocenters. The number of fused-ring (bicyclic) bond motifs is 1. The van der Waals surface area contributed by atoms with Crippen LogP contribution in [-0.4, -0.2) is 54.8 Å². The van der Waals surface area contributed by atoms with Crippen molar-refractivity contribution in [2.75, 3.05) is 44.2 Å². The lowest BCUT2D eigenvalue weighted by Gasteiger charge is -2.36. The van der Waals surface area contributed by atoms with Gasteiger partial charge in [0.2, 0.25) is 0 Å². The SMILES string of the molecule is CCOC(=O)Cn1cc(CCN2CCN(c3ccccc3C)CC2)c2ccccc21.Cl. The number of piperazine rings is 1. The Kier molecular flexibility index (Phi) is 7.99. The number of ether oxygens (including phenoxy) is 1. The number of carbonyl (C=O) groups is 1. The van der Waals surface area contributed by atoms with Crippen molar-refractivity contribution in [3.8, 4) is 0 Å². The van der Waals surface area contributed by atoms with Crippen molar-refractivity contribution < 1.29 is 9.53 Å². The molecule has 0 N–H and O–H groups in total. The van der Waals surface area contributed by atoms with Crippen molar-refractivity contribution in [1.82, 2.24) is 9.47 Å². The Labute approximate surface area is 191 Å². The van der Waals surface area contributed by atoms with Gasteiger partial charge in [0, 0.05) is 55.5 Å². The van der Waals surface area contributed by atoms with E-state index in [1.54, 1.807) is 0 Å². The second-order valence-electron chi connectivity index (χ2n) is 7.97. The summed E-state index contributed by atoms with van der Waals surface area (Å²) in [5.74, 6) is -0.183. The maximum absolute atomic E-state index is 12.0. The van der Waals surface area contributed by atoms with Gasteiger partial charge in [-0.3, -0.25) is 9.69 Å². The van der Waals surface area contributed by atoms with Crippen molar-refractivity contribution in [1.29, 1.82) is 0 Å². The highest BCUT2D eigenvalue weighted by molar-refractivity contribution is 5.86. The second kappa shape index (κ2) is 10.7. The second-order valence-corrected chi connectivity index (χ2v) is 7.97. The van der Waals surface area contributed by atoms with Crippen LogP contribution in [0, 0.1) is 6.92 Å². The molecule has 0 aliphatic carbocycles. The number of hydrogen-bond acceptors (Lipinski definition) is 4. The van der Waals surface area contributed by atoms with Crippen LogP contribution in [0.4, 0.5) is 5.69 Å². The molecule has 0 unspecified atom stereocenters. The Morgan fingerprint density at radius 2 is 1.71 bits per heavy atom. The number of anilines is 1. The smallest absolute Gasteiger partial charge is 0.325 e. The standard InChI is InChI=1S/C25H31N3O2.ClH/c1-3-30-25(29)19-28-18-21(22-9-5-7-11-24(22)28)12-13-26-14-16-27(17-15-26)23-10-6-4-8-20(23)2;/h4-11,18H,3,12-17,19H2,1-2H3;1H. The van der Waals surface area contributed by atoms with Crippen LogP contribution in [-0.2, 0) is 22.5 Å². The average Bonchev–Trinajstić information content (AvgIpc) is 3.11. The third-order valence-corrected chi connectivity index (χ3v) is 6.00. The van der Waals surface area contributed by atoms with Gasteiger partial charge in [0.25, 0.3) is 0 Å². The Bertz CT molecular complexity index is 1010. The summed E-state index contributed by atoms with van der Waals surface area (Å²) in [6, 6.07) is 17.0. The lowest BCUT2D eigenvalue weighted by atomic mass is 10.1. The molecule has 0 saturated carbocycles. The Balaban J connectivity index is 0.00000272. The molecule has 1 saturated heterocycles. The van der Waals surface area contributed by atoms with Gasteiger partial charge in [-0.25, -0.2) is 0 Å². The van der Waals surface area contributed by atoms with Gasteiger partial charge < -0.3 is 14.2 Å². The number of aromatic nitrogens is 1. The van der Waals surface area contributed by atoms with Gasteiger partial charge in [-0.1, -0.05) is 36.4 Å². The van der Waals surface area contributed by atoms with Crippen molar-refractivity contribution in [3.63, 3.8) is 0 Å². The van der Waals surface area contributed by atoms with Crippen molar-refractivity contribution in [2.24, 2.45) is 0 Å². The molecule has 5 nitrogen and oxygen atoms in total. The van der Waals surface area contributed by atoms with Gasteiger partial charge in [-0.15, -0.1) is 12.4 Å². The molecule has 1 aliphatic rings. The van der Waals surface area contributed by atoms with Crippen LogP contribution in [0.2, 0.25) is 0 Å². The molecular weight excluding hydrogens is 410 g/mol. The summed E-state index contributed by atoms with van der Waals surface area (Å²) < 4.78 is 7.17. The van der Waals surface area contributed by atoms with Gasteiger partial charge in [-0.05, 0) is 43.5 Å². The summed E-state index contributed by atoms with van der Waals surface area (Å²) >= 11 is 0. The van der Waals surface area contributed by atoms with E-state index in [-0.39, 0.29) is 24.9 Å². The van der Waals surface area contributed by atoms with Crippen LogP contribution in [0.25, 0.3) is 10.9 Å². The largest absolute Gasteiger partial charge is 0.465 e. The number of nitrogens with zero attached hydrogens (tertiary/aromatic N) is 3. The molecule has 0 bridgehead atoms. The predicted molar refractivity (Wildman–Crippen MR) is 129 cm³/mol. The number of aryl methyl sites for hydroxylation is 1. The maximum atomic E-state index is 12.0. The fraction of sp³-hybridized carbons (Fsp3) is 0.400. The number of para-hydroxylation sites is 2. The topological polar surface area (TPSA) is 37.7 Å². The summed E-state index contributed by atoms with van der Waals surface area (Å²) in [6.07, 6.45) is 3.12. The van der Waals surface area contributed by atoms with E-state index >= 15 is 0 Å². The average molecular weight is 442 g/mol. The first-order valence-corrected chi connectivity index (χ1v) is 10.9. The quantitative estimate of drug-likeness (QED) is 0.512. The highest BCUT2D eigenvalue weighted by atomic mass is 35.5. The molecule has 1 fully saturated rings. The van der Waals surface area contributed by atoms with E-state index in [9.17, 15) is 4.79 Å². The molecular formula is C25H32ClN3O2. The molecule has 3 aromatic rings. The first kappa shape index (κ1) is 23.2. The molecule has 166 valence electrons. The third kappa shape index (κ3) is 5.41. The fourth-order valence-corrected chi connectivity index (χ4v) is 4.41. The van der Waals surface area contributed by atoms with E-state index in [0.717, 1.165) is 44.7 Å². The third-order valence-electron chi connectivity index (χ3n) is 6.00. The molecule has 2 heterocycles. The highest BCUT2D eigenvalue weighted by Gasteiger charge is 2.19. The molecule has 6 heteroatoms. The molecule has 31 heavy (non-hydrogen) atoms. The zero-order valence-electron chi connectivity index (χ0n) is 18.4. The number of rotatable bonds is 7. The number of hydrogen-bond donors (Lipinski definition) is 0. The summed E-state index contributed by atoms with van der Waals surface area (Å²) in [5.41, 5.74) is 5.11. The van der Waals surface area contributed by atoms with Gasteiger partial charge >= 0.3 is 5.97 Å². The van der Waals surface area contributed by atoms with Crippen LogP contribution >= 0.6 is 12.4 Å². The van der Waals surface area contributed by atoms with Crippen molar-refractivity contribution in [3.05, 3.63) is 65.9 Å². The normalized spacial score (nSPS) is 14.5. The minimum absolute atomic E-state index is 0. The summed E-state index contributed by atoms with van der Waals surface area (Å²) in [6.45, 7) is 10.0. The van der Waals surface area contributed by atoms with Crippen LogP contribution in [0.5, 0.6) is 0 Å². The molecule has 2 aromatic carbocycles. The maximum Gasteiger partial charge on any atom is 0.325 e. The minimum Gasteiger partial charge on any atom is -0.465 e. The number of halogens is 1. The lowest BCUT2D eigenvalue weighted by molar-refractivity contribution is -0.143. The first-order chi connectivity index (χ1) is 14.7. The monoisotopic (exact) mass is 441 g/mol. The fourth-order valence-electron chi connectivity index (χ4n) is 4.41. The van der Waals surface area contributed by atoms with Crippen LogP contribution < -0.4 is 4.90 Å².